The Morgan fingerprint density at radius 2 is 1.71 bits per heavy atom. The molecule has 0 atom stereocenters. The number of piperazine rings is 1. The molecule has 2 aromatic heterocycles. The zero-order chi connectivity index (χ0) is 23.9. The number of aromatic nitrogens is 2. The Bertz CT molecular complexity index is 1570. The van der Waals surface area contributed by atoms with Gasteiger partial charge in [0.05, 0.1) is 11.9 Å². The smallest absolute Gasteiger partial charge is 0.253 e. The number of nitrogens with zero attached hydrogens (tertiary/aromatic N) is 4. The van der Waals surface area contributed by atoms with Gasteiger partial charge in [-0.2, -0.15) is 0 Å². The predicted molar refractivity (Wildman–Crippen MR) is 138 cm³/mol. The van der Waals surface area contributed by atoms with Crippen LogP contribution in [0.25, 0.3) is 44.5 Å². The summed E-state index contributed by atoms with van der Waals surface area (Å²) in [5.41, 5.74) is 11.3. The Morgan fingerprint density at radius 3 is 2.57 bits per heavy atom. The largest absolute Gasteiger partial charge is 0.455 e. The van der Waals surface area contributed by atoms with Gasteiger partial charge in [-0.05, 0) is 31.3 Å². The maximum absolute atomic E-state index is 13.1. The Balaban J connectivity index is 1.40. The van der Waals surface area contributed by atoms with E-state index in [-0.39, 0.29) is 5.91 Å². The molecule has 3 heterocycles. The van der Waals surface area contributed by atoms with Crippen molar-refractivity contribution in [3.05, 3.63) is 78.5 Å². The number of para-hydroxylation sites is 2. The third kappa shape index (κ3) is 3.80. The number of hydrogen-bond donors (Lipinski definition) is 1. The quantitative estimate of drug-likeness (QED) is 0.418. The summed E-state index contributed by atoms with van der Waals surface area (Å²) in [5.74, 6) is 0.363. The number of benzene rings is 3. The Morgan fingerprint density at radius 1 is 0.943 bits per heavy atom. The molecule has 2 N–H and O–H groups in total. The molecule has 0 saturated carbocycles. The van der Waals surface area contributed by atoms with Crippen molar-refractivity contribution in [2.45, 2.75) is 0 Å². The number of anilines is 1. The van der Waals surface area contributed by atoms with E-state index in [0.29, 0.717) is 22.8 Å². The normalized spacial score (nSPS) is 14.6. The predicted octanol–water partition coefficient (Wildman–Crippen LogP) is 4.68. The topological polar surface area (TPSA) is 88.5 Å². The van der Waals surface area contributed by atoms with E-state index in [4.69, 9.17) is 15.1 Å². The van der Waals surface area contributed by atoms with E-state index in [0.717, 1.165) is 59.2 Å². The summed E-state index contributed by atoms with van der Waals surface area (Å²) in [6.07, 6.45) is 1.65. The van der Waals surface area contributed by atoms with Crippen LogP contribution >= 0.6 is 0 Å². The minimum atomic E-state index is 0.0376. The number of rotatable bonds is 3. The number of nitrogens with two attached hydrogens (primary N) is 1. The highest BCUT2D eigenvalue weighted by Gasteiger charge is 2.21. The van der Waals surface area contributed by atoms with Gasteiger partial charge in [-0.3, -0.25) is 4.79 Å². The number of carbonyl (C=O) groups is 1. The van der Waals surface area contributed by atoms with Crippen LogP contribution in [0.3, 0.4) is 0 Å². The fourth-order valence-corrected chi connectivity index (χ4v) is 4.67. The second-order valence-corrected chi connectivity index (χ2v) is 8.95. The number of furan rings is 1. The van der Waals surface area contributed by atoms with Gasteiger partial charge in [0.15, 0.2) is 0 Å². The van der Waals surface area contributed by atoms with Crippen LogP contribution in [0.1, 0.15) is 10.4 Å². The van der Waals surface area contributed by atoms with Gasteiger partial charge >= 0.3 is 0 Å². The summed E-state index contributed by atoms with van der Waals surface area (Å²) in [6.45, 7) is 3.22. The fraction of sp³-hybridized carbons (Fsp3) is 0.179. The number of fused-ring (bicyclic) bond motifs is 3. The van der Waals surface area contributed by atoms with Crippen LogP contribution in [0, 0.1) is 0 Å². The van der Waals surface area contributed by atoms with Crippen molar-refractivity contribution in [1.29, 1.82) is 0 Å². The van der Waals surface area contributed by atoms with Crippen molar-refractivity contribution in [3.63, 3.8) is 0 Å². The molecule has 35 heavy (non-hydrogen) atoms. The molecule has 1 fully saturated rings. The van der Waals surface area contributed by atoms with Crippen LogP contribution in [0.15, 0.2) is 77.3 Å². The van der Waals surface area contributed by atoms with Crippen molar-refractivity contribution in [1.82, 2.24) is 19.8 Å². The first-order chi connectivity index (χ1) is 17.1. The minimum absolute atomic E-state index is 0.0376. The lowest BCUT2D eigenvalue weighted by atomic mass is 10.0. The molecule has 174 valence electrons. The lowest BCUT2D eigenvalue weighted by molar-refractivity contribution is 0.0664. The van der Waals surface area contributed by atoms with E-state index in [9.17, 15) is 4.79 Å². The Hall–Kier alpha value is -4.23. The summed E-state index contributed by atoms with van der Waals surface area (Å²) in [4.78, 5) is 26.6. The lowest BCUT2D eigenvalue weighted by Gasteiger charge is -2.32. The molecule has 7 nitrogen and oxygen atoms in total. The van der Waals surface area contributed by atoms with Gasteiger partial charge in [0, 0.05) is 53.6 Å². The highest BCUT2D eigenvalue weighted by Crippen LogP contribution is 2.37. The number of nitrogen functional groups attached to an aromatic ring is 1. The highest BCUT2D eigenvalue weighted by molar-refractivity contribution is 6.09. The molecule has 1 aliphatic heterocycles. The van der Waals surface area contributed by atoms with E-state index in [1.54, 1.807) is 6.20 Å². The Labute approximate surface area is 202 Å². The fourth-order valence-electron chi connectivity index (χ4n) is 4.67. The van der Waals surface area contributed by atoms with Crippen LogP contribution < -0.4 is 5.73 Å². The van der Waals surface area contributed by atoms with Crippen molar-refractivity contribution >= 4 is 33.7 Å². The first-order valence-electron chi connectivity index (χ1n) is 11.7. The van der Waals surface area contributed by atoms with Crippen LogP contribution in [0.4, 0.5) is 5.82 Å². The minimum Gasteiger partial charge on any atom is -0.455 e. The standard InChI is InChI=1S/C28H25N5O2/c1-32-12-14-33(15-13-32)28(34)19-7-4-6-18(16-19)23-17-30-27(29)25(31-23)22-10-5-9-21-20-8-2-3-11-24(20)35-26(21)22/h2-11,16-17H,12-15H2,1H3,(H2,29,30). The van der Waals surface area contributed by atoms with E-state index in [2.05, 4.69) is 16.9 Å². The average molecular weight is 464 g/mol. The number of amides is 1. The molecule has 1 amide bonds. The molecule has 0 aliphatic carbocycles. The van der Waals surface area contributed by atoms with Gasteiger partial charge in [0.1, 0.15) is 22.7 Å². The van der Waals surface area contributed by atoms with Crippen molar-refractivity contribution in [3.8, 4) is 22.5 Å². The van der Waals surface area contributed by atoms with E-state index in [1.807, 2.05) is 71.6 Å². The van der Waals surface area contributed by atoms with Crippen LogP contribution in [-0.2, 0) is 0 Å². The number of hydrogen-bond acceptors (Lipinski definition) is 6. The van der Waals surface area contributed by atoms with E-state index in [1.165, 1.54) is 0 Å². The molecular weight excluding hydrogens is 438 g/mol. The molecule has 1 saturated heterocycles. The maximum Gasteiger partial charge on any atom is 0.253 e. The van der Waals surface area contributed by atoms with Crippen LogP contribution in [0.5, 0.6) is 0 Å². The molecule has 0 spiro atoms. The first kappa shape index (κ1) is 21.3. The molecule has 6 rings (SSSR count). The van der Waals surface area contributed by atoms with E-state index < -0.39 is 0 Å². The van der Waals surface area contributed by atoms with Gasteiger partial charge in [0.25, 0.3) is 5.91 Å². The maximum atomic E-state index is 13.1. The van der Waals surface area contributed by atoms with Gasteiger partial charge < -0.3 is 20.0 Å². The summed E-state index contributed by atoms with van der Waals surface area (Å²) in [7, 11) is 2.08. The summed E-state index contributed by atoms with van der Waals surface area (Å²) >= 11 is 0. The zero-order valence-electron chi connectivity index (χ0n) is 19.4. The summed E-state index contributed by atoms with van der Waals surface area (Å²) in [6, 6.07) is 21.5. The SMILES string of the molecule is CN1CCN(C(=O)c2cccc(-c3cnc(N)c(-c4cccc5c4oc4ccccc45)n3)c2)CC1. The van der Waals surface area contributed by atoms with Gasteiger partial charge in [0.2, 0.25) is 0 Å². The Kier molecular flexibility index (Phi) is 5.19. The van der Waals surface area contributed by atoms with Crippen LogP contribution in [-0.4, -0.2) is 58.9 Å². The summed E-state index contributed by atoms with van der Waals surface area (Å²) < 4.78 is 6.19. The lowest BCUT2D eigenvalue weighted by Crippen LogP contribution is -2.47. The van der Waals surface area contributed by atoms with Gasteiger partial charge in [-0.25, -0.2) is 9.97 Å². The third-order valence-corrected chi connectivity index (χ3v) is 6.66. The summed E-state index contributed by atoms with van der Waals surface area (Å²) in [5, 5.41) is 2.05. The van der Waals surface area contributed by atoms with Crippen LogP contribution in [0.2, 0.25) is 0 Å². The molecule has 5 aromatic rings. The molecule has 7 heteroatoms. The monoisotopic (exact) mass is 463 g/mol. The molecule has 1 aliphatic rings. The third-order valence-electron chi connectivity index (χ3n) is 6.66. The molecule has 3 aromatic carbocycles. The average Bonchev–Trinajstić information content (AvgIpc) is 3.28. The second kappa shape index (κ2) is 8.52. The number of likely N-dealkylation sites (N-methyl/N-ethyl adjacent to an activating group) is 1. The van der Waals surface area contributed by atoms with Crippen molar-refractivity contribution < 1.29 is 9.21 Å². The second-order valence-electron chi connectivity index (χ2n) is 8.95. The van der Waals surface area contributed by atoms with Crippen molar-refractivity contribution in [2.24, 2.45) is 0 Å². The molecule has 0 bridgehead atoms. The number of carbonyl (C=O) groups excluding carboxylic acids is 1. The zero-order valence-corrected chi connectivity index (χ0v) is 19.4. The molecular formula is C28H25N5O2. The first-order valence-corrected chi connectivity index (χ1v) is 11.7. The van der Waals surface area contributed by atoms with Gasteiger partial charge in [-0.1, -0.05) is 42.5 Å². The van der Waals surface area contributed by atoms with E-state index >= 15 is 0 Å². The highest BCUT2D eigenvalue weighted by atomic mass is 16.3. The van der Waals surface area contributed by atoms with Gasteiger partial charge in [-0.15, -0.1) is 0 Å². The molecule has 0 radical (unpaired) electrons. The molecule has 0 unspecified atom stereocenters. The van der Waals surface area contributed by atoms with Crippen molar-refractivity contribution in [2.75, 3.05) is 39.0 Å².